The van der Waals surface area contributed by atoms with Gasteiger partial charge in [-0.3, -0.25) is 9.69 Å². The third-order valence-corrected chi connectivity index (χ3v) is 5.68. The van der Waals surface area contributed by atoms with Gasteiger partial charge in [0.1, 0.15) is 5.75 Å². The Kier molecular flexibility index (Phi) is 6.79. The smallest absolute Gasteiger partial charge is 0.307 e. The zero-order valence-corrected chi connectivity index (χ0v) is 17.5. The van der Waals surface area contributed by atoms with Crippen LogP contribution in [0.3, 0.4) is 0 Å². The van der Waals surface area contributed by atoms with Crippen molar-refractivity contribution in [2.24, 2.45) is 5.92 Å². The first-order valence-corrected chi connectivity index (χ1v) is 10.3. The van der Waals surface area contributed by atoms with Crippen molar-refractivity contribution in [3.05, 3.63) is 63.1 Å². The Morgan fingerprint density at radius 1 is 1.33 bits per heavy atom. The molecule has 1 saturated heterocycles. The van der Waals surface area contributed by atoms with E-state index in [1.165, 1.54) is 0 Å². The van der Waals surface area contributed by atoms with E-state index >= 15 is 0 Å². The molecule has 144 valence electrons. The van der Waals surface area contributed by atoms with Crippen LogP contribution in [0.15, 0.2) is 46.9 Å². The Morgan fingerprint density at radius 3 is 2.74 bits per heavy atom. The molecule has 2 unspecified atom stereocenters. The molecule has 0 saturated carbocycles. The molecular weight excluding hydrogens is 430 g/mol. The van der Waals surface area contributed by atoms with E-state index in [-0.39, 0.29) is 12.0 Å². The summed E-state index contributed by atoms with van der Waals surface area (Å²) in [5, 5.41) is 10.2. The van der Waals surface area contributed by atoms with Gasteiger partial charge in [-0.25, -0.2) is 0 Å². The number of likely N-dealkylation sites (tertiary alicyclic amines) is 1. The van der Waals surface area contributed by atoms with E-state index in [2.05, 4.69) is 33.0 Å². The second kappa shape index (κ2) is 9.09. The molecule has 0 bridgehead atoms. The molecule has 2 atom stereocenters. The molecule has 2 aromatic carbocycles. The van der Waals surface area contributed by atoms with Crippen LogP contribution in [0, 0.1) is 5.92 Å². The van der Waals surface area contributed by atoms with Crippen LogP contribution < -0.4 is 4.74 Å². The number of hydrogen-bond acceptors (Lipinski definition) is 3. The van der Waals surface area contributed by atoms with Gasteiger partial charge in [-0.1, -0.05) is 39.7 Å². The average molecular weight is 453 g/mol. The number of aliphatic carboxylic acids is 1. The summed E-state index contributed by atoms with van der Waals surface area (Å²) in [6, 6.07) is 13.7. The Morgan fingerprint density at radius 2 is 2.07 bits per heavy atom. The van der Waals surface area contributed by atoms with E-state index in [1.807, 2.05) is 37.3 Å². The highest BCUT2D eigenvalue weighted by Gasteiger charge is 2.32. The molecule has 3 rings (SSSR count). The topological polar surface area (TPSA) is 49.8 Å². The van der Waals surface area contributed by atoms with Gasteiger partial charge in [-0.2, -0.15) is 0 Å². The van der Waals surface area contributed by atoms with Gasteiger partial charge in [-0.05, 0) is 62.2 Å². The molecule has 1 aliphatic heterocycles. The van der Waals surface area contributed by atoms with Gasteiger partial charge >= 0.3 is 5.97 Å². The van der Waals surface area contributed by atoms with E-state index < -0.39 is 5.97 Å². The van der Waals surface area contributed by atoms with E-state index in [0.29, 0.717) is 24.6 Å². The van der Waals surface area contributed by atoms with Crippen LogP contribution in [0.2, 0.25) is 5.02 Å². The average Bonchev–Trinajstić information content (AvgIpc) is 2.66. The molecule has 0 spiro atoms. The van der Waals surface area contributed by atoms with Crippen LogP contribution in [-0.2, 0) is 4.79 Å². The number of hydrogen-bond donors (Lipinski definition) is 1. The molecule has 6 heteroatoms. The number of carbonyl (C=O) groups is 1. The van der Waals surface area contributed by atoms with Crippen molar-refractivity contribution < 1.29 is 14.6 Å². The van der Waals surface area contributed by atoms with Gasteiger partial charge in [0.05, 0.1) is 18.6 Å². The number of halogens is 2. The molecule has 1 N–H and O–H groups in total. The fraction of sp³-hybridized carbons (Fsp3) is 0.381. The maximum Gasteiger partial charge on any atom is 0.307 e. The van der Waals surface area contributed by atoms with Crippen molar-refractivity contribution in [3.8, 4) is 5.75 Å². The number of piperidine rings is 1. The quantitative estimate of drug-likeness (QED) is 0.638. The Bertz CT molecular complexity index is 797. The standard InChI is InChI=1S/C21H23BrClNO3/c1-2-27-19-10-9-17(23)12-18(19)20(14-5-7-16(22)8-6-14)24-11-3-4-15(13-24)21(25)26/h5-10,12,15,20H,2-4,11,13H2,1H3,(H,25,26). The maximum absolute atomic E-state index is 11.6. The third kappa shape index (κ3) is 4.84. The monoisotopic (exact) mass is 451 g/mol. The Hall–Kier alpha value is -1.56. The van der Waals surface area contributed by atoms with E-state index in [0.717, 1.165) is 34.3 Å². The predicted octanol–water partition coefficient (Wildman–Crippen LogP) is 5.39. The minimum atomic E-state index is -0.731. The normalized spacial score (nSPS) is 18.9. The van der Waals surface area contributed by atoms with Crippen LogP contribution in [-0.4, -0.2) is 35.7 Å². The summed E-state index contributed by atoms with van der Waals surface area (Å²) >= 11 is 9.81. The summed E-state index contributed by atoms with van der Waals surface area (Å²) in [4.78, 5) is 13.8. The summed E-state index contributed by atoms with van der Waals surface area (Å²) in [6.45, 7) is 3.85. The van der Waals surface area contributed by atoms with Gasteiger partial charge in [0, 0.05) is 21.6 Å². The van der Waals surface area contributed by atoms with Crippen LogP contribution in [0.25, 0.3) is 0 Å². The first kappa shape index (κ1) is 20.2. The summed E-state index contributed by atoms with van der Waals surface area (Å²) in [6.07, 6.45) is 1.57. The largest absolute Gasteiger partial charge is 0.494 e. The molecule has 0 aromatic heterocycles. The second-order valence-electron chi connectivity index (χ2n) is 6.74. The van der Waals surface area contributed by atoms with Crippen LogP contribution in [0.1, 0.15) is 36.9 Å². The van der Waals surface area contributed by atoms with Crippen molar-refractivity contribution >= 4 is 33.5 Å². The lowest BCUT2D eigenvalue weighted by atomic mass is 9.91. The van der Waals surface area contributed by atoms with E-state index in [4.69, 9.17) is 16.3 Å². The van der Waals surface area contributed by atoms with Crippen molar-refractivity contribution in [1.29, 1.82) is 0 Å². The highest BCUT2D eigenvalue weighted by molar-refractivity contribution is 9.10. The fourth-order valence-corrected chi connectivity index (χ4v) is 4.14. The summed E-state index contributed by atoms with van der Waals surface area (Å²) < 4.78 is 6.88. The minimum Gasteiger partial charge on any atom is -0.494 e. The predicted molar refractivity (Wildman–Crippen MR) is 111 cm³/mol. The van der Waals surface area contributed by atoms with Gasteiger partial charge in [0.25, 0.3) is 0 Å². The molecule has 0 amide bonds. The molecule has 0 aliphatic carbocycles. The number of carboxylic acid groups (broad SMARTS) is 1. The van der Waals surface area contributed by atoms with Crippen LogP contribution in [0.4, 0.5) is 0 Å². The first-order valence-electron chi connectivity index (χ1n) is 9.14. The van der Waals surface area contributed by atoms with Gasteiger partial charge in [0.2, 0.25) is 0 Å². The highest BCUT2D eigenvalue weighted by atomic mass is 79.9. The first-order chi connectivity index (χ1) is 13.0. The number of carboxylic acids is 1. The zero-order chi connectivity index (χ0) is 19.4. The summed E-state index contributed by atoms with van der Waals surface area (Å²) in [5.41, 5.74) is 2.06. The van der Waals surface area contributed by atoms with Gasteiger partial charge in [-0.15, -0.1) is 0 Å². The molecule has 1 heterocycles. The lowest BCUT2D eigenvalue weighted by Gasteiger charge is -2.38. The van der Waals surface area contributed by atoms with E-state index in [9.17, 15) is 9.90 Å². The number of rotatable bonds is 6. The van der Waals surface area contributed by atoms with Gasteiger partial charge < -0.3 is 9.84 Å². The lowest BCUT2D eigenvalue weighted by Crippen LogP contribution is -2.41. The highest BCUT2D eigenvalue weighted by Crippen LogP contribution is 2.39. The SMILES string of the molecule is CCOc1ccc(Cl)cc1C(c1ccc(Br)cc1)N1CCCC(C(=O)O)C1. The number of nitrogens with zero attached hydrogens (tertiary/aromatic N) is 1. The third-order valence-electron chi connectivity index (χ3n) is 4.92. The molecule has 0 radical (unpaired) electrons. The minimum absolute atomic E-state index is 0.111. The van der Waals surface area contributed by atoms with Crippen LogP contribution in [0.5, 0.6) is 5.75 Å². The molecule has 4 nitrogen and oxygen atoms in total. The number of benzene rings is 2. The summed E-state index contributed by atoms with van der Waals surface area (Å²) in [5.74, 6) is -0.302. The molecule has 1 aliphatic rings. The van der Waals surface area contributed by atoms with E-state index in [1.54, 1.807) is 0 Å². The zero-order valence-electron chi connectivity index (χ0n) is 15.2. The second-order valence-corrected chi connectivity index (χ2v) is 8.09. The fourth-order valence-electron chi connectivity index (χ4n) is 3.69. The van der Waals surface area contributed by atoms with Crippen molar-refractivity contribution in [2.75, 3.05) is 19.7 Å². The van der Waals surface area contributed by atoms with Crippen molar-refractivity contribution in [3.63, 3.8) is 0 Å². The Balaban J connectivity index is 2.07. The van der Waals surface area contributed by atoms with Crippen molar-refractivity contribution in [1.82, 2.24) is 4.90 Å². The van der Waals surface area contributed by atoms with Gasteiger partial charge in [0.15, 0.2) is 0 Å². The van der Waals surface area contributed by atoms with Crippen molar-refractivity contribution in [2.45, 2.75) is 25.8 Å². The maximum atomic E-state index is 11.6. The summed E-state index contributed by atoms with van der Waals surface area (Å²) in [7, 11) is 0. The number of ether oxygens (including phenoxy) is 1. The van der Waals surface area contributed by atoms with Crippen LogP contribution >= 0.6 is 27.5 Å². The molecule has 2 aromatic rings. The Labute approximate surface area is 173 Å². The lowest BCUT2D eigenvalue weighted by molar-refractivity contribution is -0.143. The molecular formula is C21H23BrClNO3. The molecule has 27 heavy (non-hydrogen) atoms. The molecule has 1 fully saturated rings.